The fraction of sp³-hybridized carbons (Fsp3) is 0.483. The number of anilines is 2. The molecule has 9 heteroatoms. The van der Waals surface area contributed by atoms with Gasteiger partial charge in [-0.3, -0.25) is 14.4 Å². The lowest BCUT2D eigenvalue weighted by atomic mass is 9.98. The molecular weight excluding hydrogens is 484 g/mol. The molecule has 0 spiro atoms. The molecule has 2 aromatic rings. The van der Waals surface area contributed by atoms with Gasteiger partial charge in [0.25, 0.3) is 5.91 Å². The molecular formula is C29H38N4O5. The summed E-state index contributed by atoms with van der Waals surface area (Å²) in [6, 6.07) is 14.6. The van der Waals surface area contributed by atoms with Gasteiger partial charge in [-0.25, -0.2) is 0 Å². The molecule has 4 N–H and O–H groups in total. The number of cyclic esters (lactones) is 1. The minimum absolute atomic E-state index is 0.0553. The summed E-state index contributed by atoms with van der Waals surface area (Å²) in [5.74, 6) is -0.272. The van der Waals surface area contributed by atoms with Crippen LogP contribution in [0.4, 0.5) is 11.4 Å². The average molecular weight is 523 g/mol. The number of carbonyl (C=O) groups excluding carboxylic acids is 3. The molecule has 9 nitrogen and oxygen atoms in total. The van der Waals surface area contributed by atoms with Gasteiger partial charge in [0.05, 0.1) is 18.8 Å². The number of hydrogen-bond donors (Lipinski definition) is 4. The third-order valence-corrected chi connectivity index (χ3v) is 7.06. The molecule has 2 aromatic carbocycles. The van der Waals surface area contributed by atoms with Gasteiger partial charge in [0.1, 0.15) is 0 Å². The Kier molecular flexibility index (Phi) is 9.73. The maximum Gasteiger partial charge on any atom is 0.306 e. The SMILES string of the molecule is CCNc1cc(C(=O)N[C@@H](Cc2ccccc2)[C@H](O)CNCC2CCOC(=O)C2)cc(N2CCCC2=O)c1. The summed E-state index contributed by atoms with van der Waals surface area (Å²) < 4.78 is 5.01. The number of nitrogens with one attached hydrogen (secondary N) is 3. The Bertz CT molecular complexity index is 1110. The molecule has 2 amide bonds. The zero-order valence-corrected chi connectivity index (χ0v) is 21.9. The molecule has 0 radical (unpaired) electrons. The van der Waals surface area contributed by atoms with E-state index in [1.807, 2.05) is 43.3 Å². The smallest absolute Gasteiger partial charge is 0.306 e. The number of amides is 2. The number of aliphatic hydroxyl groups is 1. The Morgan fingerprint density at radius 3 is 2.71 bits per heavy atom. The number of esters is 1. The summed E-state index contributed by atoms with van der Waals surface area (Å²) in [5, 5.41) is 20.7. The number of aliphatic hydroxyl groups excluding tert-OH is 1. The first-order valence-corrected chi connectivity index (χ1v) is 13.5. The molecule has 0 bridgehead atoms. The third-order valence-electron chi connectivity index (χ3n) is 7.06. The van der Waals surface area contributed by atoms with Gasteiger partial charge in [-0.15, -0.1) is 0 Å². The van der Waals surface area contributed by atoms with Gasteiger partial charge in [0.15, 0.2) is 0 Å². The highest BCUT2D eigenvalue weighted by Gasteiger charge is 2.26. The molecule has 4 rings (SSSR count). The molecule has 0 aromatic heterocycles. The Labute approximate surface area is 223 Å². The highest BCUT2D eigenvalue weighted by atomic mass is 16.5. The quantitative estimate of drug-likeness (QED) is 0.316. The molecule has 38 heavy (non-hydrogen) atoms. The fourth-order valence-corrected chi connectivity index (χ4v) is 5.02. The van der Waals surface area contributed by atoms with Crippen molar-refractivity contribution in [2.75, 3.05) is 43.0 Å². The molecule has 2 saturated heterocycles. The number of hydrogen-bond acceptors (Lipinski definition) is 7. The van der Waals surface area contributed by atoms with Crippen molar-refractivity contribution in [3.63, 3.8) is 0 Å². The highest BCUT2D eigenvalue weighted by molar-refractivity contribution is 6.00. The Morgan fingerprint density at radius 2 is 2.00 bits per heavy atom. The van der Waals surface area contributed by atoms with Gasteiger partial charge in [0, 0.05) is 49.4 Å². The van der Waals surface area contributed by atoms with E-state index >= 15 is 0 Å². The minimum atomic E-state index is -0.855. The van der Waals surface area contributed by atoms with E-state index in [-0.39, 0.29) is 30.2 Å². The number of ether oxygens (including phenoxy) is 1. The van der Waals surface area contributed by atoms with Gasteiger partial charge in [-0.2, -0.15) is 0 Å². The van der Waals surface area contributed by atoms with Crippen LogP contribution in [-0.2, 0) is 20.7 Å². The third kappa shape index (κ3) is 7.55. The maximum atomic E-state index is 13.5. The zero-order chi connectivity index (χ0) is 26.9. The van der Waals surface area contributed by atoms with E-state index in [1.165, 1.54) is 0 Å². The van der Waals surface area contributed by atoms with Crippen LogP contribution in [0.5, 0.6) is 0 Å². The van der Waals surface area contributed by atoms with Crippen molar-refractivity contribution in [3.8, 4) is 0 Å². The van der Waals surface area contributed by atoms with Crippen LogP contribution in [0.2, 0.25) is 0 Å². The molecule has 3 atom stereocenters. The van der Waals surface area contributed by atoms with Gasteiger partial charge in [0.2, 0.25) is 5.91 Å². The first-order chi connectivity index (χ1) is 18.4. The van der Waals surface area contributed by atoms with E-state index in [0.29, 0.717) is 56.8 Å². The second-order valence-electron chi connectivity index (χ2n) is 10.0. The van der Waals surface area contributed by atoms with Gasteiger partial charge >= 0.3 is 5.97 Å². The van der Waals surface area contributed by atoms with E-state index in [2.05, 4.69) is 16.0 Å². The zero-order valence-electron chi connectivity index (χ0n) is 21.9. The summed E-state index contributed by atoms with van der Waals surface area (Å²) >= 11 is 0. The predicted octanol–water partition coefficient (Wildman–Crippen LogP) is 2.49. The van der Waals surface area contributed by atoms with Crippen molar-refractivity contribution < 1.29 is 24.2 Å². The van der Waals surface area contributed by atoms with Gasteiger partial charge in [-0.1, -0.05) is 30.3 Å². The van der Waals surface area contributed by atoms with Crippen LogP contribution in [0.15, 0.2) is 48.5 Å². The van der Waals surface area contributed by atoms with Gasteiger partial charge < -0.3 is 30.7 Å². The molecule has 2 heterocycles. The summed E-state index contributed by atoms with van der Waals surface area (Å²) in [5.41, 5.74) is 2.89. The summed E-state index contributed by atoms with van der Waals surface area (Å²) in [6.45, 7) is 4.58. The van der Waals surface area contributed by atoms with E-state index in [1.54, 1.807) is 17.0 Å². The Morgan fingerprint density at radius 1 is 1.18 bits per heavy atom. The van der Waals surface area contributed by atoms with Crippen molar-refractivity contribution in [2.24, 2.45) is 5.92 Å². The molecule has 2 aliphatic rings. The first kappa shape index (κ1) is 27.6. The van der Waals surface area contributed by atoms with Crippen LogP contribution in [0.25, 0.3) is 0 Å². The lowest BCUT2D eigenvalue weighted by molar-refractivity contribution is -0.149. The van der Waals surface area contributed by atoms with Crippen LogP contribution >= 0.6 is 0 Å². The number of benzene rings is 2. The van der Waals surface area contributed by atoms with Crippen LogP contribution in [0.3, 0.4) is 0 Å². The van der Waals surface area contributed by atoms with Crippen LogP contribution in [0, 0.1) is 5.92 Å². The second kappa shape index (κ2) is 13.4. The van der Waals surface area contributed by atoms with Gasteiger partial charge in [-0.05, 0) is 62.4 Å². The van der Waals surface area contributed by atoms with Crippen molar-refractivity contribution in [1.29, 1.82) is 0 Å². The monoisotopic (exact) mass is 522 g/mol. The van der Waals surface area contributed by atoms with Crippen LogP contribution in [-0.4, -0.2) is 67.8 Å². The number of nitrogens with zero attached hydrogens (tertiary/aromatic N) is 1. The topological polar surface area (TPSA) is 120 Å². The van der Waals surface area contributed by atoms with E-state index in [4.69, 9.17) is 4.74 Å². The summed E-state index contributed by atoms with van der Waals surface area (Å²) in [7, 11) is 0. The molecule has 204 valence electrons. The largest absolute Gasteiger partial charge is 0.466 e. The fourth-order valence-electron chi connectivity index (χ4n) is 5.02. The summed E-state index contributed by atoms with van der Waals surface area (Å²) in [6.07, 6.45) is 2.07. The molecule has 0 saturated carbocycles. The van der Waals surface area contributed by atoms with E-state index in [9.17, 15) is 19.5 Å². The predicted molar refractivity (Wildman–Crippen MR) is 146 cm³/mol. The lowest BCUT2D eigenvalue weighted by Gasteiger charge is -2.27. The molecule has 2 fully saturated rings. The maximum absolute atomic E-state index is 13.5. The number of carbonyl (C=O) groups is 3. The van der Waals surface area contributed by atoms with Crippen LogP contribution < -0.4 is 20.9 Å². The first-order valence-electron chi connectivity index (χ1n) is 13.5. The van der Waals surface area contributed by atoms with Crippen molar-refractivity contribution in [3.05, 3.63) is 59.7 Å². The normalized spacial score (nSPS) is 19.1. The number of rotatable bonds is 12. The van der Waals surface area contributed by atoms with Crippen molar-refractivity contribution in [1.82, 2.24) is 10.6 Å². The van der Waals surface area contributed by atoms with Crippen LogP contribution in [0.1, 0.15) is 48.5 Å². The van der Waals surface area contributed by atoms with E-state index < -0.39 is 12.1 Å². The molecule has 1 unspecified atom stereocenters. The summed E-state index contributed by atoms with van der Waals surface area (Å²) in [4.78, 5) is 39.1. The van der Waals surface area contributed by atoms with Crippen molar-refractivity contribution in [2.45, 2.75) is 51.2 Å². The lowest BCUT2D eigenvalue weighted by Crippen LogP contribution is -2.49. The Hall–Kier alpha value is -3.43. The molecule has 2 aliphatic heterocycles. The van der Waals surface area contributed by atoms with Crippen molar-refractivity contribution >= 4 is 29.2 Å². The standard InChI is InChI=1S/C29H38N4O5/c1-2-31-23-15-22(16-24(17-23)33-11-6-9-27(33)35)29(37)32-25(13-20-7-4-3-5-8-20)26(34)19-30-18-21-10-12-38-28(36)14-21/h3-5,7-8,15-17,21,25-26,30-31,34H,2,6,9-14,18-19H2,1H3,(H,32,37)/t21?,25-,26+/m0/s1. The second-order valence-corrected chi connectivity index (χ2v) is 10.0. The molecule has 0 aliphatic carbocycles. The highest BCUT2D eigenvalue weighted by Crippen LogP contribution is 2.27. The average Bonchev–Trinajstić information content (AvgIpc) is 3.34. The van der Waals surface area contributed by atoms with E-state index in [0.717, 1.165) is 24.1 Å². The minimum Gasteiger partial charge on any atom is -0.466 e. The Balaban J connectivity index is 1.47.